The molecule has 4 saturated heterocycles. The van der Waals surface area contributed by atoms with Crippen LogP contribution in [0.4, 0.5) is 0 Å². The van der Waals surface area contributed by atoms with E-state index >= 15 is 0 Å². The van der Waals surface area contributed by atoms with Crippen molar-refractivity contribution in [2.45, 2.75) is 83.0 Å². The molecule has 0 unspecified atom stereocenters. The molecule has 0 saturated carbocycles. The first-order valence-corrected chi connectivity index (χ1v) is 16.3. The van der Waals surface area contributed by atoms with Crippen molar-refractivity contribution in [2.24, 2.45) is 4.85 Å². The Bertz CT molecular complexity index is 632. The molecular formula is C26H55N8P. The smallest absolute Gasteiger partial charge is 0.197 e. The molecule has 4 aliphatic heterocycles. The van der Waals surface area contributed by atoms with Crippen LogP contribution < -0.4 is 0 Å². The molecule has 9 heteroatoms. The van der Waals surface area contributed by atoms with Crippen LogP contribution in [0, 0.1) is 0 Å². The third kappa shape index (κ3) is 5.56. The van der Waals surface area contributed by atoms with Crippen molar-refractivity contribution in [3.63, 3.8) is 0 Å². The lowest BCUT2D eigenvalue weighted by atomic mass is 10.0. The number of rotatable bonds is 8. The van der Waals surface area contributed by atoms with Gasteiger partial charge in [0.25, 0.3) is 0 Å². The summed E-state index contributed by atoms with van der Waals surface area (Å²) in [6, 6.07) is 0. The second-order valence-corrected chi connectivity index (χ2v) is 15.1. The molecule has 8 nitrogen and oxygen atoms in total. The second-order valence-electron chi connectivity index (χ2n) is 11.6. The topological polar surface area (TPSA) is 35.0 Å². The molecule has 0 aromatic carbocycles. The molecule has 4 fully saturated rings. The fourth-order valence-electron chi connectivity index (χ4n) is 7.23. The van der Waals surface area contributed by atoms with Gasteiger partial charge in [0.15, 0.2) is 13.4 Å². The van der Waals surface area contributed by atoms with Gasteiger partial charge in [-0.2, -0.15) is 9.86 Å². The Hall–Kier alpha value is -0.0500. The first kappa shape index (κ1) is 28.0. The lowest BCUT2D eigenvalue weighted by molar-refractivity contribution is -0.243. The highest BCUT2D eigenvalue weighted by atomic mass is 31.2. The quantitative estimate of drug-likeness (QED) is 0.446. The van der Waals surface area contributed by atoms with Crippen LogP contribution in [0.5, 0.6) is 0 Å². The molecule has 4 heterocycles. The minimum Gasteiger partial charge on any atom is -0.259 e. The van der Waals surface area contributed by atoms with Crippen LogP contribution in [0.15, 0.2) is 4.85 Å². The third-order valence-corrected chi connectivity index (χ3v) is 12.5. The summed E-state index contributed by atoms with van der Waals surface area (Å²) in [5.41, 5.74) is 0. The van der Waals surface area contributed by atoms with E-state index in [4.69, 9.17) is 4.85 Å². The maximum absolute atomic E-state index is 5.76. The van der Waals surface area contributed by atoms with Gasteiger partial charge >= 0.3 is 0 Å². The summed E-state index contributed by atoms with van der Waals surface area (Å²) in [5.74, 6) is -0.205. The fraction of sp³-hybridized carbons (Fsp3) is 1.00. The lowest BCUT2D eigenvalue weighted by Gasteiger charge is -2.65. The second kappa shape index (κ2) is 12.7. The molecule has 0 aromatic heterocycles. The monoisotopic (exact) mass is 510 g/mol. The van der Waals surface area contributed by atoms with Gasteiger partial charge in [-0.25, -0.2) is 4.67 Å². The van der Waals surface area contributed by atoms with Crippen molar-refractivity contribution in [3.05, 3.63) is 0 Å². The van der Waals surface area contributed by atoms with E-state index in [1.807, 2.05) is 0 Å². The van der Waals surface area contributed by atoms with Gasteiger partial charge in [-0.15, -0.1) is 0 Å². The number of piperidine rings is 4. The summed E-state index contributed by atoms with van der Waals surface area (Å²) in [6.07, 6.45) is 15.9. The van der Waals surface area contributed by atoms with Gasteiger partial charge in [-0.05, 0) is 86.6 Å². The van der Waals surface area contributed by atoms with Crippen molar-refractivity contribution in [1.82, 2.24) is 33.7 Å². The average Bonchev–Trinajstić information content (AvgIpc) is 2.90. The zero-order valence-electron chi connectivity index (χ0n) is 23.7. The van der Waals surface area contributed by atoms with E-state index in [0.717, 1.165) is 13.1 Å². The van der Waals surface area contributed by atoms with Crippen molar-refractivity contribution in [2.75, 3.05) is 87.6 Å². The molecule has 0 N–H and O–H groups in total. The number of likely N-dealkylation sites (tertiary alicyclic amines) is 3. The minimum atomic E-state index is -2.20. The molecule has 0 aromatic rings. The first-order valence-electron chi connectivity index (χ1n) is 14.7. The lowest BCUT2D eigenvalue weighted by Crippen LogP contribution is -2.78. The van der Waals surface area contributed by atoms with Crippen LogP contribution >= 0.6 is 7.51 Å². The molecule has 0 aliphatic carbocycles. The predicted octanol–water partition coefficient (Wildman–Crippen LogP) is 4.46. The molecule has 4 aliphatic rings. The molecule has 0 spiro atoms. The largest absolute Gasteiger partial charge is 0.259 e. The van der Waals surface area contributed by atoms with Crippen LogP contribution in [-0.4, -0.2) is 127 Å². The van der Waals surface area contributed by atoms with Gasteiger partial charge in [-0.3, -0.25) is 24.0 Å². The van der Waals surface area contributed by atoms with Crippen LogP contribution in [0.2, 0.25) is 0 Å². The Balaban J connectivity index is 1.89. The highest BCUT2D eigenvalue weighted by Crippen LogP contribution is 2.61. The van der Waals surface area contributed by atoms with E-state index in [1.165, 1.54) is 116 Å². The van der Waals surface area contributed by atoms with Crippen molar-refractivity contribution in [3.8, 4) is 0 Å². The van der Waals surface area contributed by atoms with Crippen LogP contribution in [0.3, 0.4) is 0 Å². The van der Waals surface area contributed by atoms with E-state index in [2.05, 4.69) is 69.0 Å². The fourth-order valence-corrected chi connectivity index (χ4v) is 10.7. The van der Waals surface area contributed by atoms with Gasteiger partial charge in [0.05, 0.1) is 0 Å². The predicted molar refractivity (Wildman–Crippen MR) is 149 cm³/mol. The van der Waals surface area contributed by atoms with E-state index < -0.39 is 7.51 Å². The van der Waals surface area contributed by atoms with Crippen molar-refractivity contribution >= 4 is 7.51 Å². The van der Waals surface area contributed by atoms with Crippen LogP contribution in [0.25, 0.3) is 0 Å². The molecule has 0 radical (unpaired) electrons. The molecule has 35 heavy (non-hydrogen) atoms. The van der Waals surface area contributed by atoms with E-state index in [-0.39, 0.29) is 5.91 Å². The number of hydrogen-bond acceptors (Lipinski definition) is 4. The van der Waals surface area contributed by atoms with Crippen LogP contribution in [0.1, 0.15) is 77.0 Å². The summed E-state index contributed by atoms with van der Waals surface area (Å²) in [5, 5.41) is 2.43. The average molecular weight is 511 g/mol. The molecule has 0 bridgehead atoms. The Morgan fingerprint density at radius 2 is 0.800 bits per heavy atom. The summed E-state index contributed by atoms with van der Waals surface area (Å²) >= 11 is 0. The summed E-state index contributed by atoms with van der Waals surface area (Å²) in [4.78, 5) is 14.4. The van der Waals surface area contributed by atoms with Gasteiger partial charge in [-0.1, -0.05) is 25.7 Å². The van der Waals surface area contributed by atoms with Crippen molar-refractivity contribution in [1.29, 1.82) is 0 Å². The molecule has 4 rings (SSSR count). The minimum absolute atomic E-state index is 0.205. The summed E-state index contributed by atoms with van der Waals surface area (Å²) in [6.45, 7) is 9.38. The highest BCUT2D eigenvalue weighted by molar-refractivity contribution is 7.59. The normalized spacial score (nSPS) is 25.6. The van der Waals surface area contributed by atoms with Gasteiger partial charge in [0.2, 0.25) is 0 Å². The third-order valence-electron chi connectivity index (χ3n) is 8.83. The Labute approximate surface area is 216 Å². The Kier molecular flexibility index (Phi) is 10.1. The zero-order chi connectivity index (χ0) is 24.9. The maximum Gasteiger partial charge on any atom is 0.197 e. The molecule has 0 atom stereocenters. The number of hydrogen-bond donors (Lipinski definition) is 0. The van der Waals surface area contributed by atoms with Gasteiger partial charge in [0, 0.05) is 52.4 Å². The summed E-state index contributed by atoms with van der Waals surface area (Å²) in [7, 11) is 9.38. The standard InChI is InChI=1S/C26H55N8P/c1-28(2)35(29(3)4,27-34-24-16-9-17-25-34)30(5)26(31-18-10-6-11-19-31,32-20-12-7-13-21-32)33-22-14-8-15-23-33/h6-25H2,1-5H3. The van der Waals surface area contributed by atoms with Crippen LogP contribution in [-0.2, 0) is 0 Å². The number of nitrogens with zero attached hydrogens (tertiary/aromatic N) is 8. The van der Waals surface area contributed by atoms with E-state index in [9.17, 15) is 0 Å². The SMILES string of the molecule is CN(C)P(=NN1CCCCC1)(N(C)C)N(C)C(N1CCCCC1)(N1CCCCC1)N1CCCCC1. The molecular weight excluding hydrogens is 455 g/mol. The van der Waals surface area contributed by atoms with Crippen molar-refractivity contribution < 1.29 is 0 Å². The molecule has 204 valence electrons. The Morgan fingerprint density at radius 3 is 1.11 bits per heavy atom. The van der Waals surface area contributed by atoms with E-state index in [0.29, 0.717) is 0 Å². The zero-order valence-corrected chi connectivity index (χ0v) is 24.6. The van der Waals surface area contributed by atoms with Gasteiger partial charge < -0.3 is 0 Å². The van der Waals surface area contributed by atoms with Gasteiger partial charge in [0.1, 0.15) is 0 Å². The van der Waals surface area contributed by atoms with E-state index in [1.54, 1.807) is 0 Å². The summed E-state index contributed by atoms with van der Waals surface area (Å²) < 4.78 is 7.76. The molecule has 0 amide bonds. The Morgan fingerprint density at radius 1 is 0.486 bits per heavy atom. The first-order chi connectivity index (χ1) is 16.9. The highest BCUT2D eigenvalue weighted by Gasteiger charge is 2.56. The maximum atomic E-state index is 5.76.